The molecule has 0 bridgehead atoms. The van der Waals surface area contributed by atoms with Crippen LogP contribution in [-0.4, -0.2) is 27.1 Å². The molecule has 0 saturated carbocycles. The summed E-state index contributed by atoms with van der Waals surface area (Å²) in [6, 6.07) is 1.17. The zero-order valence-electron chi connectivity index (χ0n) is 7.25. The highest BCUT2D eigenvalue weighted by molar-refractivity contribution is 5.73. The highest BCUT2D eigenvalue weighted by atomic mass is 16.5. The van der Waals surface area contributed by atoms with Crippen LogP contribution in [0.25, 0.3) is 0 Å². The summed E-state index contributed by atoms with van der Waals surface area (Å²) in [6.07, 6.45) is 1.05. The summed E-state index contributed by atoms with van der Waals surface area (Å²) in [5.41, 5.74) is 5.11. The van der Waals surface area contributed by atoms with Crippen LogP contribution >= 0.6 is 0 Å². The van der Waals surface area contributed by atoms with E-state index in [0.29, 0.717) is 4.73 Å². The maximum Gasteiger partial charge on any atom is 0.320 e. The summed E-state index contributed by atoms with van der Waals surface area (Å²) in [4.78, 5) is 21.3. The summed E-state index contributed by atoms with van der Waals surface area (Å²) in [6.45, 7) is 0. The number of aromatic nitrogens is 1. The highest BCUT2D eigenvalue weighted by Gasteiger charge is 2.14. The van der Waals surface area contributed by atoms with Gasteiger partial charge in [-0.3, -0.25) is 9.59 Å². The van der Waals surface area contributed by atoms with Crippen LogP contribution in [0.4, 0.5) is 0 Å². The molecule has 1 aromatic heterocycles. The van der Waals surface area contributed by atoms with Gasteiger partial charge in [-0.25, -0.2) is 0 Å². The Hall–Kier alpha value is -1.82. The minimum absolute atomic E-state index is 0.0953. The third-order valence-corrected chi connectivity index (χ3v) is 1.73. The van der Waals surface area contributed by atoms with Crippen LogP contribution in [0.5, 0.6) is 0 Å². The highest BCUT2D eigenvalue weighted by Crippen LogP contribution is 1.98. The molecule has 0 saturated heterocycles. The number of nitrogens with zero attached hydrogens (tertiary/aromatic N) is 1. The van der Waals surface area contributed by atoms with Crippen LogP contribution in [0.3, 0.4) is 0 Å². The molecule has 1 aromatic rings. The van der Waals surface area contributed by atoms with Gasteiger partial charge in [0.25, 0.3) is 0 Å². The van der Waals surface area contributed by atoms with E-state index >= 15 is 0 Å². The Morgan fingerprint density at radius 1 is 1.64 bits per heavy atom. The Bertz CT molecular complexity index is 399. The summed E-state index contributed by atoms with van der Waals surface area (Å²) in [7, 11) is 0. The first-order chi connectivity index (χ1) is 6.50. The first-order valence-electron chi connectivity index (χ1n) is 3.90. The van der Waals surface area contributed by atoms with Gasteiger partial charge in [0, 0.05) is 24.8 Å². The van der Waals surface area contributed by atoms with E-state index < -0.39 is 12.0 Å². The minimum atomic E-state index is -1.18. The third kappa shape index (κ3) is 2.33. The number of carboxylic acid groups (broad SMARTS) is 1. The maximum absolute atomic E-state index is 10.9. The number of nitrogens with two attached hydrogens (primary N) is 1. The number of hydrogen-bond donors (Lipinski definition) is 3. The summed E-state index contributed by atoms with van der Waals surface area (Å²) in [5.74, 6) is -1.18. The summed E-state index contributed by atoms with van der Waals surface area (Å²) in [5, 5.41) is 17.7. The average molecular weight is 198 g/mol. The smallest absolute Gasteiger partial charge is 0.320 e. The van der Waals surface area contributed by atoms with E-state index in [4.69, 9.17) is 10.8 Å². The van der Waals surface area contributed by atoms with Crippen LogP contribution in [0, 0.1) is 0 Å². The molecule has 14 heavy (non-hydrogen) atoms. The van der Waals surface area contributed by atoms with Gasteiger partial charge in [-0.15, -0.1) is 0 Å². The van der Waals surface area contributed by atoms with Crippen molar-refractivity contribution in [2.75, 3.05) is 0 Å². The van der Waals surface area contributed by atoms with Crippen molar-refractivity contribution in [3.63, 3.8) is 0 Å². The molecule has 0 aliphatic rings. The fraction of sp³-hybridized carbons (Fsp3) is 0.250. The van der Waals surface area contributed by atoms with Crippen LogP contribution in [0.1, 0.15) is 5.69 Å². The Kier molecular flexibility index (Phi) is 2.88. The largest absolute Gasteiger partial charge is 0.480 e. The van der Waals surface area contributed by atoms with Crippen molar-refractivity contribution in [3.05, 3.63) is 34.2 Å². The second kappa shape index (κ2) is 3.93. The van der Waals surface area contributed by atoms with Crippen molar-refractivity contribution in [1.29, 1.82) is 0 Å². The van der Waals surface area contributed by atoms with Gasteiger partial charge in [-0.05, 0) is 0 Å². The number of rotatable bonds is 3. The van der Waals surface area contributed by atoms with Gasteiger partial charge < -0.3 is 16.0 Å². The first kappa shape index (κ1) is 10.3. The molecule has 0 spiro atoms. The fourth-order valence-corrected chi connectivity index (χ4v) is 0.983. The van der Waals surface area contributed by atoms with Gasteiger partial charge in [0.2, 0.25) is 0 Å². The molecule has 6 nitrogen and oxygen atoms in total. The van der Waals surface area contributed by atoms with Crippen LogP contribution < -0.4 is 11.2 Å². The summed E-state index contributed by atoms with van der Waals surface area (Å²) < 4.78 is 0.685. The fourth-order valence-electron chi connectivity index (χ4n) is 0.983. The number of hydrogen-bond acceptors (Lipinski definition) is 4. The zero-order chi connectivity index (χ0) is 10.7. The molecular weight excluding hydrogens is 188 g/mol. The van der Waals surface area contributed by atoms with E-state index in [0.717, 1.165) is 18.3 Å². The van der Waals surface area contributed by atoms with Crippen LogP contribution in [0.15, 0.2) is 23.1 Å². The Morgan fingerprint density at radius 2 is 2.29 bits per heavy atom. The maximum atomic E-state index is 10.9. The molecule has 0 radical (unpaired) electrons. The van der Waals surface area contributed by atoms with E-state index in [2.05, 4.69) is 0 Å². The molecule has 6 heteroatoms. The van der Waals surface area contributed by atoms with Gasteiger partial charge in [-0.1, -0.05) is 0 Å². The van der Waals surface area contributed by atoms with Crippen molar-refractivity contribution in [1.82, 2.24) is 4.73 Å². The topological polar surface area (TPSA) is 106 Å². The Labute approximate surface area is 79.2 Å². The molecule has 0 aromatic carbocycles. The molecule has 4 N–H and O–H groups in total. The SMILES string of the molecule is NC(Cc1cc(=O)ccn1O)C(=O)O. The van der Waals surface area contributed by atoms with Crippen molar-refractivity contribution in [3.8, 4) is 0 Å². The number of pyridine rings is 1. The Balaban J connectivity index is 2.91. The van der Waals surface area contributed by atoms with E-state index in [9.17, 15) is 14.8 Å². The number of aliphatic carboxylic acids is 1. The van der Waals surface area contributed by atoms with Gasteiger partial charge in [0.05, 0.1) is 5.69 Å². The van der Waals surface area contributed by atoms with Crippen molar-refractivity contribution in [2.45, 2.75) is 12.5 Å². The molecule has 0 aliphatic heterocycles. The lowest BCUT2D eigenvalue weighted by Gasteiger charge is -2.08. The van der Waals surface area contributed by atoms with Crippen LogP contribution in [-0.2, 0) is 11.2 Å². The van der Waals surface area contributed by atoms with Gasteiger partial charge in [0.1, 0.15) is 6.04 Å². The molecule has 1 unspecified atom stereocenters. The molecule has 76 valence electrons. The van der Waals surface area contributed by atoms with Crippen molar-refractivity contribution >= 4 is 5.97 Å². The third-order valence-electron chi connectivity index (χ3n) is 1.73. The normalized spacial score (nSPS) is 12.4. The van der Waals surface area contributed by atoms with Gasteiger partial charge in [-0.2, -0.15) is 4.73 Å². The minimum Gasteiger partial charge on any atom is -0.480 e. The van der Waals surface area contributed by atoms with E-state index in [1.54, 1.807) is 0 Å². The second-order valence-electron chi connectivity index (χ2n) is 2.85. The van der Waals surface area contributed by atoms with Crippen LogP contribution in [0.2, 0.25) is 0 Å². The molecule has 0 aliphatic carbocycles. The van der Waals surface area contributed by atoms with Gasteiger partial charge in [0.15, 0.2) is 5.43 Å². The molecule has 0 amide bonds. The Morgan fingerprint density at radius 3 is 2.86 bits per heavy atom. The van der Waals surface area contributed by atoms with E-state index in [-0.39, 0.29) is 17.5 Å². The van der Waals surface area contributed by atoms with Crippen molar-refractivity contribution < 1.29 is 15.1 Å². The lowest BCUT2D eigenvalue weighted by atomic mass is 10.1. The predicted octanol–water partition coefficient (Wildman–Crippen LogP) is -0.960. The molecule has 1 rings (SSSR count). The molecular formula is C8H10N2O4. The molecule has 1 heterocycles. The summed E-state index contributed by atoms with van der Waals surface area (Å²) >= 11 is 0. The number of carbonyl (C=O) groups is 1. The lowest BCUT2D eigenvalue weighted by Crippen LogP contribution is -2.33. The zero-order valence-corrected chi connectivity index (χ0v) is 7.25. The molecule has 0 fully saturated rings. The van der Waals surface area contributed by atoms with Crippen molar-refractivity contribution in [2.24, 2.45) is 5.73 Å². The second-order valence-corrected chi connectivity index (χ2v) is 2.85. The monoisotopic (exact) mass is 198 g/mol. The lowest BCUT2D eigenvalue weighted by molar-refractivity contribution is -0.138. The molecule has 1 atom stereocenters. The number of carboxylic acids is 1. The predicted molar refractivity (Wildman–Crippen MR) is 47.2 cm³/mol. The average Bonchev–Trinajstić information content (AvgIpc) is 2.11. The van der Waals surface area contributed by atoms with Gasteiger partial charge >= 0.3 is 5.97 Å². The quantitative estimate of drug-likeness (QED) is 0.542. The van der Waals surface area contributed by atoms with E-state index in [1.165, 1.54) is 0 Å². The van der Waals surface area contributed by atoms with E-state index in [1.807, 2.05) is 0 Å². The standard InChI is InChI=1S/C8H10N2O4/c9-7(8(12)13)4-5-3-6(11)1-2-10(5)14/h1-3,7,14H,4,9H2,(H,12,13). The first-order valence-corrected chi connectivity index (χ1v) is 3.90.